The fraction of sp³-hybridized carbons (Fsp3) is 0.0455. The summed E-state index contributed by atoms with van der Waals surface area (Å²) in [5, 5.41) is 3.49. The number of aromatic nitrogens is 2. The van der Waals surface area contributed by atoms with Gasteiger partial charge in [-0.1, -0.05) is 48.5 Å². The van der Waals surface area contributed by atoms with Gasteiger partial charge < -0.3 is 5.32 Å². The van der Waals surface area contributed by atoms with Crippen LogP contribution in [-0.4, -0.2) is 15.9 Å². The van der Waals surface area contributed by atoms with Gasteiger partial charge in [0.15, 0.2) is 0 Å². The average Bonchev–Trinajstić information content (AvgIpc) is 3.23. The second kappa shape index (κ2) is 8.10. The molecule has 0 bridgehead atoms. The van der Waals surface area contributed by atoms with Gasteiger partial charge in [0, 0.05) is 11.8 Å². The monoisotopic (exact) mass is 389 g/mol. The van der Waals surface area contributed by atoms with Gasteiger partial charge in [-0.25, -0.2) is 9.37 Å². The van der Waals surface area contributed by atoms with E-state index < -0.39 is 6.04 Å². The average molecular weight is 389 g/mol. The van der Waals surface area contributed by atoms with Crippen LogP contribution in [0.3, 0.4) is 0 Å². The van der Waals surface area contributed by atoms with Crippen molar-refractivity contribution in [2.75, 3.05) is 0 Å². The van der Waals surface area contributed by atoms with Gasteiger partial charge in [-0.2, -0.15) is 0 Å². The maximum atomic E-state index is 14.0. The zero-order chi connectivity index (χ0) is 19.3. The van der Waals surface area contributed by atoms with E-state index in [-0.39, 0.29) is 11.7 Å². The molecular formula is C22H16FN3OS. The third kappa shape index (κ3) is 3.82. The zero-order valence-corrected chi connectivity index (χ0v) is 15.6. The normalized spacial score (nSPS) is 11.8. The lowest BCUT2D eigenvalue weighted by Gasteiger charge is -2.18. The van der Waals surface area contributed by atoms with E-state index in [4.69, 9.17) is 0 Å². The standard InChI is InChI=1S/C22H16FN3OS/c23-17-11-5-4-10-16(17)22-25-14-19(28-22)21(27)26-20(15-8-2-1-3-9-15)18-12-6-7-13-24-18/h1-14,20H,(H,26,27). The third-order valence-corrected chi connectivity index (χ3v) is 5.26. The minimum Gasteiger partial charge on any atom is -0.339 e. The fourth-order valence-corrected chi connectivity index (χ4v) is 3.71. The number of amides is 1. The number of carbonyl (C=O) groups is 1. The van der Waals surface area contributed by atoms with E-state index in [1.807, 2.05) is 48.5 Å². The summed E-state index contributed by atoms with van der Waals surface area (Å²) in [6.45, 7) is 0. The summed E-state index contributed by atoms with van der Waals surface area (Å²) in [5.74, 6) is -0.640. The molecule has 138 valence electrons. The Labute approximate surface area is 165 Å². The Morgan fingerprint density at radius 3 is 2.43 bits per heavy atom. The molecule has 28 heavy (non-hydrogen) atoms. The molecule has 2 heterocycles. The molecule has 1 atom stereocenters. The molecule has 0 aliphatic heterocycles. The van der Waals surface area contributed by atoms with Crippen LogP contribution in [0, 0.1) is 5.82 Å². The zero-order valence-electron chi connectivity index (χ0n) is 14.7. The van der Waals surface area contributed by atoms with Crippen molar-refractivity contribution in [3.05, 3.63) is 107 Å². The van der Waals surface area contributed by atoms with Gasteiger partial charge in [0.25, 0.3) is 5.91 Å². The van der Waals surface area contributed by atoms with Gasteiger partial charge in [0.05, 0.1) is 17.9 Å². The maximum Gasteiger partial charge on any atom is 0.263 e. The molecule has 2 aromatic carbocycles. The summed E-state index contributed by atoms with van der Waals surface area (Å²) in [4.78, 5) is 21.9. The molecule has 1 amide bonds. The Hall–Kier alpha value is -3.38. The summed E-state index contributed by atoms with van der Waals surface area (Å²) in [6, 6.07) is 21.2. The highest BCUT2D eigenvalue weighted by Crippen LogP contribution is 2.28. The van der Waals surface area contributed by atoms with E-state index in [2.05, 4.69) is 15.3 Å². The van der Waals surface area contributed by atoms with Gasteiger partial charge in [-0.3, -0.25) is 9.78 Å². The van der Waals surface area contributed by atoms with E-state index in [1.54, 1.807) is 24.4 Å². The summed E-state index contributed by atoms with van der Waals surface area (Å²) in [6.07, 6.45) is 3.17. The Balaban J connectivity index is 1.61. The SMILES string of the molecule is O=C(NC(c1ccccc1)c1ccccn1)c1cnc(-c2ccccc2F)s1. The number of thiazole rings is 1. The van der Waals surface area contributed by atoms with Crippen LogP contribution in [0.15, 0.2) is 85.2 Å². The van der Waals surface area contributed by atoms with Crippen molar-refractivity contribution in [2.45, 2.75) is 6.04 Å². The van der Waals surface area contributed by atoms with Crippen molar-refractivity contribution in [1.29, 1.82) is 0 Å². The number of nitrogens with one attached hydrogen (secondary N) is 1. The quantitative estimate of drug-likeness (QED) is 0.530. The van der Waals surface area contributed by atoms with E-state index in [0.717, 1.165) is 22.6 Å². The topological polar surface area (TPSA) is 54.9 Å². The lowest BCUT2D eigenvalue weighted by atomic mass is 10.0. The van der Waals surface area contributed by atoms with Crippen LogP contribution in [0.25, 0.3) is 10.6 Å². The number of carbonyl (C=O) groups excluding carboxylic acids is 1. The number of halogens is 1. The molecule has 1 unspecified atom stereocenters. The molecule has 2 aromatic heterocycles. The van der Waals surface area contributed by atoms with Crippen LogP contribution < -0.4 is 5.32 Å². The molecule has 0 aliphatic carbocycles. The molecule has 0 aliphatic rings. The largest absolute Gasteiger partial charge is 0.339 e. The molecule has 0 saturated carbocycles. The molecule has 0 fully saturated rings. The lowest BCUT2D eigenvalue weighted by molar-refractivity contribution is 0.0946. The molecule has 6 heteroatoms. The number of nitrogens with zero attached hydrogens (tertiary/aromatic N) is 2. The summed E-state index contributed by atoms with van der Waals surface area (Å²) < 4.78 is 14.0. The van der Waals surface area contributed by atoms with Gasteiger partial charge in [0.1, 0.15) is 15.7 Å². The van der Waals surface area contributed by atoms with Crippen molar-refractivity contribution in [3.63, 3.8) is 0 Å². The Bertz CT molecular complexity index is 1040. The van der Waals surface area contributed by atoms with Crippen LogP contribution >= 0.6 is 11.3 Å². The minimum absolute atomic E-state index is 0.278. The number of rotatable bonds is 5. The second-order valence-corrected chi connectivity index (χ2v) is 7.11. The predicted molar refractivity (Wildman–Crippen MR) is 107 cm³/mol. The van der Waals surface area contributed by atoms with Gasteiger partial charge in [0.2, 0.25) is 0 Å². The minimum atomic E-state index is -0.395. The maximum absolute atomic E-state index is 14.0. The summed E-state index contributed by atoms with van der Waals surface area (Å²) >= 11 is 1.16. The van der Waals surface area contributed by atoms with Crippen LogP contribution in [0.2, 0.25) is 0 Å². The van der Waals surface area contributed by atoms with Crippen LogP contribution in [0.1, 0.15) is 27.0 Å². The molecule has 0 radical (unpaired) electrons. The number of hydrogen-bond donors (Lipinski definition) is 1. The van der Waals surface area contributed by atoms with Crippen LogP contribution in [0.5, 0.6) is 0 Å². The number of hydrogen-bond acceptors (Lipinski definition) is 4. The molecule has 0 spiro atoms. The summed E-state index contributed by atoms with van der Waals surface area (Å²) in [5.41, 5.74) is 2.05. The molecule has 1 N–H and O–H groups in total. The highest BCUT2D eigenvalue weighted by Gasteiger charge is 2.21. The van der Waals surface area contributed by atoms with E-state index in [0.29, 0.717) is 15.4 Å². The summed E-state index contributed by atoms with van der Waals surface area (Å²) in [7, 11) is 0. The molecule has 4 aromatic rings. The first-order valence-corrected chi connectivity index (χ1v) is 9.51. The van der Waals surface area contributed by atoms with Gasteiger partial charge >= 0.3 is 0 Å². The van der Waals surface area contributed by atoms with Crippen LogP contribution in [0.4, 0.5) is 4.39 Å². The van der Waals surface area contributed by atoms with Gasteiger partial charge in [-0.15, -0.1) is 11.3 Å². The first-order valence-electron chi connectivity index (χ1n) is 8.70. The lowest BCUT2D eigenvalue weighted by Crippen LogP contribution is -2.29. The van der Waals surface area contributed by atoms with E-state index in [9.17, 15) is 9.18 Å². The predicted octanol–water partition coefficient (Wildman–Crippen LogP) is 4.86. The van der Waals surface area contributed by atoms with Crippen molar-refractivity contribution in [1.82, 2.24) is 15.3 Å². The van der Waals surface area contributed by atoms with Crippen molar-refractivity contribution < 1.29 is 9.18 Å². The first kappa shape index (κ1) is 18.0. The second-order valence-electron chi connectivity index (χ2n) is 6.08. The fourth-order valence-electron chi connectivity index (χ4n) is 2.86. The molecule has 4 rings (SSSR count). The Kier molecular flexibility index (Phi) is 5.21. The Morgan fingerprint density at radius 2 is 1.68 bits per heavy atom. The molecular weight excluding hydrogens is 373 g/mol. The van der Waals surface area contributed by atoms with Crippen molar-refractivity contribution in [3.8, 4) is 10.6 Å². The smallest absolute Gasteiger partial charge is 0.263 e. The Morgan fingerprint density at radius 1 is 0.929 bits per heavy atom. The molecule has 4 nitrogen and oxygen atoms in total. The number of pyridine rings is 1. The highest BCUT2D eigenvalue weighted by atomic mass is 32.1. The molecule has 0 saturated heterocycles. The van der Waals surface area contributed by atoms with E-state index in [1.165, 1.54) is 12.3 Å². The highest BCUT2D eigenvalue weighted by molar-refractivity contribution is 7.16. The van der Waals surface area contributed by atoms with E-state index >= 15 is 0 Å². The van der Waals surface area contributed by atoms with Gasteiger partial charge in [-0.05, 0) is 29.8 Å². The number of benzene rings is 2. The third-order valence-electron chi connectivity index (χ3n) is 4.23. The van der Waals surface area contributed by atoms with Crippen molar-refractivity contribution in [2.24, 2.45) is 0 Å². The van der Waals surface area contributed by atoms with Crippen LogP contribution in [-0.2, 0) is 0 Å². The van der Waals surface area contributed by atoms with Crippen molar-refractivity contribution >= 4 is 17.2 Å². The first-order chi connectivity index (χ1) is 13.7.